The Morgan fingerprint density at radius 3 is 2.47 bits per heavy atom. The van der Waals surface area contributed by atoms with Crippen LogP contribution in [0.25, 0.3) is 0 Å². The van der Waals surface area contributed by atoms with Gasteiger partial charge in [-0.3, -0.25) is 0 Å². The summed E-state index contributed by atoms with van der Waals surface area (Å²) in [6.45, 7) is 9.80. The average Bonchev–Trinajstić information content (AvgIpc) is 2.41. The van der Waals surface area contributed by atoms with Gasteiger partial charge in [-0.1, -0.05) is 38.8 Å². The van der Waals surface area contributed by atoms with E-state index in [2.05, 4.69) is 26.1 Å². The summed E-state index contributed by atoms with van der Waals surface area (Å²) in [6, 6.07) is 6.10. The van der Waals surface area contributed by atoms with E-state index < -0.39 is 0 Å². The van der Waals surface area contributed by atoms with Gasteiger partial charge in [-0.2, -0.15) is 0 Å². The van der Waals surface area contributed by atoms with Gasteiger partial charge in [0.05, 0.1) is 6.61 Å². The summed E-state index contributed by atoms with van der Waals surface area (Å²) in [5, 5.41) is 13.6. The lowest BCUT2D eigenvalue weighted by molar-refractivity contribution is 0.314. The Morgan fingerprint density at radius 1 is 1.21 bits per heavy atom. The lowest BCUT2D eigenvalue weighted by Gasteiger charge is -2.23. The highest BCUT2D eigenvalue weighted by Gasteiger charge is 2.14. The van der Waals surface area contributed by atoms with E-state index in [0.717, 1.165) is 5.56 Å². The molecule has 1 rings (SSSR count). The van der Waals surface area contributed by atoms with Crippen LogP contribution < -0.4 is 10.1 Å². The number of hydrogen-bond donors (Lipinski definition) is 2. The predicted molar refractivity (Wildman–Crippen MR) is 79.6 cm³/mol. The Balaban J connectivity index is 2.65. The lowest BCUT2D eigenvalue weighted by Crippen LogP contribution is -2.32. The minimum absolute atomic E-state index is 0.258. The van der Waals surface area contributed by atoms with Crippen molar-refractivity contribution in [1.82, 2.24) is 5.32 Å². The zero-order valence-electron chi connectivity index (χ0n) is 12.6. The minimum atomic E-state index is 0.258. The largest absolute Gasteiger partial charge is 0.504 e. The van der Waals surface area contributed by atoms with Crippen molar-refractivity contribution in [2.24, 2.45) is 5.92 Å². The van der Waals surface area contributed by atoms with E-state index in [-0.39, 0.29) is 5.75 Å². The van der Waals surface area contributed by atoms with Crippen molar-refractivity contribution in [3.05, 3.63) is 23.8 Å². The van der Waals surface area contributed by atoms with Crippen LogP contribution in [-0.4, -0.2) is 17.8 Å². The Labute approximate surface area is 117 Å². The molecule has 0 fully saturated rings. The van der Waals surface area contributed by atoms with Gasteiger partial charge in [0, 0.05) is 18.2 Å². The molecular formula is C16H27NO2. The van der Waals surface area contributed by atoms with Crippen molar-refractivity contribution in [3.63, 3.8) is 0 Å². The third-order valence-corrected chi connectivity index (χ3v) is 3.75. The summed E-state index contributed by atoms with van der Waals surface area (Å²) >= 11 is 0. The molecular weight excluding hydrogens is 238 g/mol. The summed E-state index contributed by atoms with van der Waals surface area (Å²) in [6.07, 6.45) is 2.35. The van der Waals surface area contributed by atoms with Crippen LogP contribution in [0, 0.1) is 5.92 Å². The maximum absolute atomic E-state index is 10.1. The quantitative estimate of drug-likeness (QED) is 0.753. The Kier molecular flexibility index (Phi) is 6.71. The van der Waals surface area contributed by atoms with Gasteiger partial charge in [0.25, 0.3) is 0 Å². The van der Waals surface area contributed by atoms with Gasteiger partial charge in [0.15, 0.2) is 11.5 Å². The van der Waals surface area contributed by atoms with Crippen molar-refractivity contribution in [2.75, 3.05) is 6.61 Å². The fourth-order valence-electron chi connectivity index (χ4n) is 2.42. The van der Waals surface area contributed by atoms with Crippen LogP contribution >= 0.6 is 0 Å². The minimum Gasteiger partial charge on any atom is -0.504 e. The second-order valence-electron chi connectivity index (χ2n) is 4.94. The molecule has 0 bridgehead atoms. The topological polar surface area (TPSA) is 41.5 Å². The fourth-order valence-corrected chi connectivity index (χ4v) is 2.42. The van der Waals surface area contributed by atoms with E-state index in [9.17, 15) is 5.11 Å². The van der Waals surface area contributed by atoms with Gasteiger partial charge in [-0.05, 0) is 25.8 Å². The molecule has 3 heteroatoms. The first kappa shape index (κ1) is 15.8. The molecule has 1 aromatic carbocycles. The van der Waals surface area contributed by atoms with Crippen LogP contribution in [0.3, 0.4) is 0 Å². The second kappa shape index (κ2) is 8.05. The maximum atomic E-state index is 10.1. The molecule has 0 aromatic heterocycles. The smallest absolute Gasteiger partial charge is 0.162 e. The first-order chi connectivity index (χ1) is 9.13. The van der Waals surface area contributed by atoms with Gasteiger partial charge in [-0.15, -0.1) is 0 Å². The first-order valence-corrected chi connectivity index (χ1v) is 7.30. The van der Waals surface area contributed by atoms with E-state index in [1.807, 2.05) is 19.1 Å². The summed E-state index contributed by atoms with van der Waals surface area (Å²) in [5.74, 6) is 1.50. The lowest BCUT2D eigenvalue weighted by atomic mass is 9.95. The van der Waals surface area contributed by atoms with Crippen molar-refractivity contribution < 1.29 is 9.84 Å². The number of phenolic OH excluding ortho intramolecular Hbond substituents is 1. The highest BCUT2D eigenvalue weighted by molar-refractivity contribution is 5.45. The van der Waals surface area contributed by atoms with Gasteiger partial charge in [-0.25, -0.2) is 0 Å². The van der Waals surface area contributed by atoms with Crippen molar-refractivity contribution in [1.29, 1.82) is 0 Å². The summed E-state index contributed by atoms with van der Waals surface area (Å²) < 4.78 is 5.40. The van der Waals surface area contributed by atoms with E-state index in [0.29, 0.717) is 30.9 Å². The third-order valence-electron chi connectivity index (χ3n) is 3.75. The molecule has 0 aliphatic heterocycles. The van der Waals surface area contributed by atoms with E-state index in [1.165, 1.54) is 12.8 Å². The van der Waals surface area contributed by atoms with E-state index >= 15 is 0 Å². The molecule has 1 unspecified atom stereocenters. The highest BCUT2D eigenvalue weighted by atomic mass is 16.5. The van der Waals surface area contributed by atoms with Gasteiger partial charge < -0.3 is 15.2 Å². The Bertz CT molecular complexity index is 375. The van der Waals surface area contributed by atoms with E-state index in [1.54, 1.807) is 6.07 Å². The second-order valence-corrected chi connectivity index (χ2v) is 4.94. The highest BCUT2D eigenvalue weighted by Crippen LogP contribution is 2.29. The number of aromatic hydroxyl groups is 1. The molecule has 1 atom stereocenters. The Morgan fingerprint density at radius 2 is 1.89 bits per heavy atom. The maximum Gasteiger partial charge on any atom is 0.162 e. The number of ether oxygens (including phenoxy) is 1. The van der Waals surface area contributed by atoms with Crippen molar-refractivity contribution in [3.8, 4) is 11.5 Å². The number of para-hydroxylation sites is 1. The molecule has 2 N–H and O–H groups in total. The van der Waals surface area contributed by atoms with Crippen LogP contribution in [0.5, 0.6) is 11.5 Å². The number of nitrogens with one attached hydrogen (secondary N) is 1. The van der Waals surface area contributed by atoms with Gasteiger partial charge in [0.2, 0.25) is 0 Å². The number of benzene rings is 1. The summed E-state index contributed by atoms with van der Waals surface area (Å²) in [4.78, 5) is 0. The summed E-state index contributed by atoms with van der Waals surface area (Å²) in [5.41, 5.74) is 0.892. The van der Waals surface area contributed by atoms with Crippen LogP contribution in [0.1, 0.15) is 46.1 Å². The SMILES string of the molecule is CCOc1cccc(CNC(C)C(CC)CC)c1O. The molecule has 0 aliphatic rings. The monoisotopic (exact) mass is 265 g/mol. The molecule has 0 spiro atoms. The molecule has 0 radical (unpaired) electrons. The first-order valence-electron chi connectivity index (χ1n) is 7.30. The molecule has 108 valence electrons. The third kappa shape index (κ3) is 4.43. The number of phenols is 1. The molecule has 1 aromatic rings. The molecule has 0 aliphatic carbocycles. The standard InChI is InChI=1S/C16H27NO2/c1-5-13(6-2)12(4)17-11-14-9-8-10-15(16(14)18)19-7-3/h8-10,12-13,17-18H,5-7,11H2,1-4H3. The van der Waals surface area contributed by atoms with Crippen LogP contribution in [0.4, 0.5) is 0 Å². The zero-order valence-corrected chi connectivity index (χ0v) is 12.6. The molecule has 0 amide bonds. The predicted octanol–water partition coefficient (Wildman–Crippen LogP) is 3.71. The average molecular weight is 265 g/mol. The molecule has 0 saturated heterocycles. The van der Waals surface area contributed by atoms with Crippen LogP contribution in [0.15, 0.2) is 18.2 Å². The molecule has 0 saturated carbocycles. The zero-order chi connectivity index (χ0) is 14.3. The van der Waals surface area contributed by atoms with E-state index in [4.69, 9.17) is 4.74 Å². The summed E-state index contributed by atoms with van der Waals surface area (Å²) in [7, 11) is 0. The number of rotatable bonds is 8. The van der Waals surface area contributed by atoms with Crippen molar-refractivity contribution in [2.45, 2.75) is 53.1 Å². The van der Waals surface area contributed by atoms with Gasteiger partial charge in [0.1, 0.15) is 0 Å². The van der Waals surface area contributed by atoms with Gasteiger partial charge >= 0.3 is 0 Å². The molecule has 3 nitrogen and oxygen atoms in total. The Hall–Kier alpha value is -1.22. The normalized spacial score (nSPS) is 12.7. The van der Waals surface area contributed by atoms with Crippen molar-refractivity contribution >= 4 is 0 Å². The molecule has 19 heavy (non-hydrogen) atoms. The molecule has 0 heterocycles. The number of hydrogen-bond acceptors (Lipinski definition) is 3. The van der Waals surface area contributed by atoms with Crippen LogP contribution in [0.2, 0.25) is 0 Å². The fraction of sp³-hybridized carbons (Fsp3) is 0.625. The van der Waals surface area contributed by atoms with Crippen LogP contribution in [-0.2, 0) is 6.54 Å².